The van der Waals surface area contributed by atoms with Gasteiger partial charge in [-0.05, 0) is 36.4 Å². The van der Waals surface area contributed by atoms with E-state index in [0.717, 1.165) is 0 Å². The van der Waals surface area contributed by atoms with E-state index in [1.165, 1.54) is 42.5 Å². The number of nitrogens with zero attached hydrogens (tertiary/aromatic N) is 3. The first-order chi connectivity index (χ1) is 10.6. The molecule has 0 saturated carbocycles. The number of amides is 1. The van der Waals surface area contributed by atoms with Gasteiger partial charge < -0.3 is 9.27 Å². The van der Waals surface area contributed by atoms with Crippen molar-refractivity contribution in [3.63, 3.8) is 0 Å². The molecule has 0 radical (unpaired) electrons. The topological polar surface area (TPSA) is 108 Å². The number of anilines is 1. The van der Waals surface area contributed by atoms with E-state index in [0.29, 0.717) is 5.69 Å². The molecule has 0 spiro atoms. The largest absolute Gasteiger partial charge is 0.755 e. The van der Waals surface area contributed by atoms with Gasteiger partial charge in [-0.2, -0.15) is 0 Å². The van der Waals surface area contributed by atoms with Crippen LogP contribution in [-0.2, 0) is 11.3 Å². The minimum Gasteiger partial charge on any atom is -0.755 e. The Morgan fingerprint density at radius 2 is 1.86 bits per heavy atom. The van der Waals surface area contributed by atoms with Crippen molar-refractivity contribution in [2.75, 3.05) is 4.72 Å². The number of carbonyl (C=O) groups is 1. The Kier molecular flexibility index (Phi) is 5.21. The van der Waals surface area contributed by atoms with Gasteiger partial charge in [0.05, 0.1) is 0 Å². The highest BCUT2D eigenvalue weighted by atomic mass is 32.2. The molecule has 1 atom stereocenters. The summed E-state index contributed by atoms with van der Waals surface area (Å²) < 4.78 is 36.3. The molecule has 0 aliphatic rings. The van der Waals surface area contributed by atoms with Crippen LogP contribution in [0.2, 0.25) is 0 Å². The van der Waals surface area contributed by atoms with Gasteiger partial charge in [0.25, 0.3) is 0 Å². The molecule has 0 aromatic heterocycles. The smallest absolute Gasteiger partial charge is 0.360 e. The Labute approximate surface area is 127 Å². The normalized spacial score (nSPS) is 11.2. The maximum Gasteiger partial charge on any atom is 0.360 e. The molecule has 9 heteroatoms. The predicted molar refractivity (Wildman–Crippen MR) is 76.4 cm³/mol. The molecule has 1 unspecified atom stereocenters. The van der Waals surface area contributed by atoms with Gasteiger partial charge in [0.1, 0.15) is 0 Å². The molecule has 0 fully saturated rings. The van der Waals surface area contributed by atoms with E-state index in [4.69, 9.17) is 0 Å². The van der Waals surface area contributed by atoms with Crippen LogP contribution >= 0.6 is 0 Å². The van der Waals surface area contributed by atoms with Gasteiger partial charge in [0.2, 0.25) is 10.0 Å². The fourth-order valence-corrected chi connectivity index (χ4v) is 1.81. The highest BCUT2D eigenvalue weighted by Gasteiger charge is 2.10. The van der Waals surface area contributed by atoms with Crippen molar-refractivity contribution in [3.05, 3.63) is 59.9 Å². The van der Waals surface area contributed by atoms with Gasteiger partial charge in [-0.25, -0.2) is 4.39 Å². The second-order valence-corrected chi connectivity index (χ2v) is 4.63. The van der Waals surface area contributed by atoms with Gasteiger partial charge in [0.15, 0.2) is 16.6 Å². The Hall–Kier alpha value is -2.74. The molecule has 2 rings (SSSR count). The third kappa shape index (κ3) is 4.38. The molecule has 7 nitrogen and oxygen atoms in total. The number of halogens is 1. The monoisotopic (exact) mass is 320 g/mol. The molecular formula is C13H9FN4O3S. The molecular weight excluding hydrogens is 311 g/mol. The van der Waals surface area contributed by atoms with Crippen LogP contribution in [0.4, 0.5) is 15.8 Å². The van der Waals surface area contributed by atoms with Crippen LogP contribution in [0.5, 0.6) is 0 Å². The summed E-state index contributed by atoms with van der Waals surface area (Å²) >= 11 is -2.44. The fraction of sp³-hybridized carbons (Fsp3) is 0. The maximum absolute atomic E-state index is 13.2. The summed E-state index contributed by atoms with van der Waals surface area (Å²) in [6.45, 7) is 0. The highest BCUT2D eigenvalue weighted by molar-refractivity contribution is 7.80. The Morgan fingerprint density at radius 1 is 1.18 bits per heavy atom. The molecule has 0 aliphatic heterocycles. The van der Waals surface area contributed by atoms with Crippen molar-refractivity contribution >= 4 is 28.5 Å². The first kappa shape index (κ1) is 15.6. The predicted octanol–water partition coefficient (Wildman–Crippen LogP) is 2.48. The summed E-state index contributed by atoms with van der Waals surface area (Å²) in [4.78, 5) is 15.0. The molecule has 0 bridgehead atoms. The zero-order valence-electron chi connectivity index (χ0n) is 11.0. The third-order valence-electron chi connectivity index (χ3n) is 2.47. The van der Waals surface area contributed by atoms with Crippen LogP contribution in [-0.4, -0.2) is 14.7 Å². The number of rotatable bonds is 4. The number of nitrogens with one attached hydrogen (secondary N) is 1. The first-order valence-electron chi connectivity index (χ1n) is 5.93. The van der Waals surface area contributed by atoms with Crippen molar-refractivity contribution in [3.8, 4) is 0 Å². The van der Waals surface area contributed by atoms with Crippen molar-refractivity contribution in [1.29, 1.82) is 0 Å². The van der Waals surface area contributed by atoms with Gasteiger partial charge >= 0.3 is 5.91 Å². The lowest BCUT2D eigenvalue weighted by molar-refractivity contribution is 0.0992. The first-order valence-corrected chi connectivity index (χ1v) is 7.00. The number of hydrogen-bond donors (Lipinski definition) is 1. The Bertz CT molecular complexity index is 773. The van der Waals surface area contributed by atoms with Crippen LogP contribution in [0.25, 0.3) is 0 Å². The standard InChI is InChI=1S/C13H9FN4O3S/c14-11-3-1-2-4-12(11)15-18-16-13(19)9-5-7-10(8-6-9)17-22(20)21/h1-8H,(H-,17,19,20,21). The number of carbonyl (C=O) groups excluding carboxylic acids is 1. The molecule has 2 aromatic rings. The van der Waals surface area contributed by atoms with Crippen LogP contribution in [0.3, 0.4) is 0 Å². The molecule has 0 heterocycles. The molecule has 2 aromatic carbocycles. The average Bonchev–Trinajstić information content (AvgIpc) is 2.49. The van der Waals surface area contributed by atoms with Crippen LogP contribution in [0.1, 0.15) is 10.4 Å². The second-order valence-electron chi connectivity index (χ2n) is 3.96. The van der Waals surface area contributed by atoms with E-state index < -0.39 is 23.0 Å². The molecule has 112 valence electrons. The van der Waals surface area contributed by atoms with E-state index >= 15 is 0 Å². The SMILES string of the molecule is O=C(N=[N+]=Nc1ccccc1F)c1ccc(NS(=O)[O-])cc1. The van der Waals surface area contributed by atoms with Crippen molar-refractivity contribution in [1.82, 2.24) is 4.91 Å². The summed E-state index contributed by atoms with van der Waals surface area (Å²) in [5.74, 6) is -1.26. The molecule has 0 saturated heterocycles. The number of benzene rings is 2. The molecule has 1 amide bonds. The average molecular weight is 320 g/mol. The van der Waals surface area contributed by atoms with Crippen molar-refractivity contribution in [2.24, 2.45) is 10.2 Å². The minimum atomic E-state index is -2.44. The lowest BCUT2D eigenvalue weighted by Gasteiger charge is -2.07. The molecule has 22 heavy (non-hydrogen) atoms. The molecule has 1 N–H and O–H groups in total. The van der Waals surface area contributed by atoms with E-state index in [1.54, 1.807) is 6.07 Å². The maximum atomic E-state index is 13.2. The summed E-state index contributed by atoms with van der Waals surface area (Å²) in [5.41, 5.74) is 0.462. The van der Waals surface area contributed by atoms with Gasteiger partial charge in [-0.15, -0.1) is 0 Å². The van der Waals surface area contributed by atoms with Crippen LogP contribution in [0, 0.1) is 5.82 Å². The van der Waals surface area contributed by atoms with Gasteiger partial charge in [-0.3, -0.25) is 9.00 Å². The Balaban J connectivity index is 2.10. The highest BCUT2D eigenvalue weighted by Crippen LogP contribution is 2.15. The van der Waals surface area contributed by atoms with Crippen LogP contribution in [0.15, 0.2) is 58.8 Å². The molecule has 0 aliphatic carbocycles. The van der Waals surface area contributed by atoms with Gasteiger partial charge in [-0.1, -0.05) is 12.1 Å². The van der Waals surface area contributed by atoms with E-state index in [1.807, 2.05) is 0 Å². The van der Waals surface area contributed by atoms with E-state index in [-0.39, 0.29) is 11.3 Å². The fourth-order valence-electron chi connectivity index (χ4n) is 1.48. The van der Waals surface area contributed by atoms with Crippen LogP contribution < -0.4 is 9.63 Å². The Morgan fingerprint density at radius 3 is 2.50 bits per heavy atom. The minimum absolute atomic E-state index is 0.0310. The van der Waals surface area contributed by atoms with E-state index in [2.05, 4.69) is 19.9 Å². The summed E-state index contributed by atoms with van der Waals surface area (Å²) in [5, 5.41) is 6.83. The van der Waals surface area contributed by atoms with E-state index in [9.17, 15) is 17.9 Å². The van der Waals surface area contributed by atoms with Gasteiger partial charge in [0, 0.05) is 22.5 Å². The van der Waals surface area contributed by atoms with Crippen molar-refractivity contribution in [2.45, 2.75) is 0 Å². The quantitative estimate of drug-likeness (QED) is 0.531. The summed E-state index contributed by atoms with van der Waals surface area (Å²) in [7, 11) is 0. The van der Waals surface area contributed by atoms with Crippen molar-refractivity contribution < 1.29 is 17.9 Å². The third-order valence-corrected chi connectivity index (χ3v) is 2.88. The summed E-state index contributed by atoms with van der Waals surface area (Å²) in [6.07, 6.45) is 0. The second kappa shape index (κ2) is 7.32. The summed E-state index contributed by atoms with van der Waals surface area (Å²) in [6, 6.07) is 11.2. The lowest BCUT2D eigenvalue weighted by atomic mass is 10.2. The lowest BCUT2D eigenvalue weighted by Crippen LogP contribution is -2.02. The zero-order valence-corrected chi connectivity index (χ0v) is 11.8. The zero-order chi connectivity index (χ0) is 15.9. The number of hydrogen-bond acceptors (Lipinski definition) is 4.